The highest BCUT2D eigenvalue weighted by atomic mass is 16.5. The van der Waals surface area contributed by atoms with Crippen molar-refractivity contribution in [2.24, 2.45) is 0 Å². The largest absolute Gasteiger partial charge is 0.493 e. The van der Waals surface area contributed by atoms with Gasteiger partial charge < -0.3 is 20.3 Å². The summed E-state index contributed by atoms with van der Waals surface area (Å²) in [6.07, 6.45) is 3.08. The summed E-state index contributed by atoms with van der Waals surface area (Å²) in [5.41, 5.74) is 2.13. The molecule has 0 radical (unpaired) electrons. The van der Waals surface area contributed by atoms with Gasteiger partial charge in [-0.2, -0.15) is 0 Å². The lowest BCUT2D eigenvalue weighted by atomic mass is 10.1. The number of rotatable bonds is 7. The van der Waals surface area contributed by atoms with Crippen molar-refractivity contribution in [1.82, 2.24) is 10.2 Å². The highest BCUT2D eigenvalue weighted by molar-refractivity contribution is 5.89. The normalized spacial score (nSPS) is 13.9. The third-order valence-corrected chi connectivity index (χ3v) is 5.48. The van der Waals surface area contributed by atoms with Gasteiger partial charge in [-0.1, -0.05) is 48.5 Å². The number of carbonyl (C=O) groups excluding carboxylic acids is 1. The number of amides is 2. The van der Waals surface area contributed by atoms with Crippen LogP contribution in [0.15, 0.2) is 66.7 Å². The van der Waals surface area contributed by atoms with Crippen molar-refractivity contribution in [2.45, 2.75) is 19.3 Å². The second-order valence-electron chi connectivity index (χ2n) is 7.65. The van der Waals surface area contributed by atoms with Crippen LogP contribution in [0.1, 0.15) is 18.4 Å². The predicted octanol–water partition coefficient (Wildman–Crippen LogP) is 4.68. The minimum Gasteiger partial charge on any atom is -0.493 e. The number of benzene rings is 3. The number of carbonyl (C=O) groups is 1. The lowest BCUT2D eigenvalue weighted by molar-refractivity contribution is 0.204. The Morgan fingerprint density at radius 3 is 2.53 bits per heavy atom. The van der Waals surface area contributed by atoms with Gasteiger partial charge in [-0.3, -0.25) is 0 Å². The summed E-state index contributed by atoms with van der Waals surface area (Å²) in [6, 6.07) is 22.6. The third-order valence-electron chi connectivity index (χ3n) is 5.48. The van der Waals surface area contributed by atoms with E-state index in [-0.39, 0.29) is 6.03 Å². The minimum absolute atomic E-state index is 0.0187. The number of unbranched alkanes of at least 4 members (excludes halogenated alkanes) is 1. The molecule has 1 aliphatic rings. The number of ether oxygens (including phenoxy) is 1. The fraction of sp³-hybridized carbons (Fsp3) is 0.320. The molecule has 0 aliphatic carbocycles. The first-order valence-corrected chi connectivity index (χ1v) is 10.8. The Kier molecular flexibility index (Phi) is 6.83. The smallest absolute Gasteiger partial charge is 0.321 e. The molecule has 0 unspecified atom stereocenters. The molecular formula is C25H29N3O2. The van der Waals surface area contributed by atoms with Crippen LogP contribution < -0.4 is 15.4 Å². The van der Waals surface area contributed by atoms with Gasteiger partial charge in [0, 0.05) is 37.3 Å². The Morgan fingerprint density at radius 2 is 1.70 bits per heavy atom. The molecule has 30 heavy (non-hydrogen) atoms. The van der Waals surface area contributed by atoms with Gasteiger partial charge in [0.1, 0.15) is 5.75 Å². The average molecular weight is 404 g/mol. The number of anilines is 1. The molecule has 0 spiro atoms. The number of fused-ring (bicyclic) bond motifs is 1. The van der Waals surface area contributed by atoms with Crippen molar-refractivity contribution in [3.05, 3.63) is 72.3 Å². The highest BCUT2D eigenvalue weighted by Gasteiger charge is 2.15. The Morgan fingerprint density at radius 1 is 0.933 bits per heavy atom. The summed E-state index contributed by atoms with van der Waals surface area (Å²) in [5, 5.41) is 8.62. The fourth-order valence-electron chi connectivity index (χ4n) is 3.76. The van der Waals surface area contributed by atoms with Crippen LogP contribution >= 0.6 is 0 Å². The molecule has 0 bridgehead atoms. The van der Waals surface area contributed by atoms with E-state index >= 15 is 0 Å². The topological polar surface area (TPSA) is 53.6 Å². The number of aryl methyl sites for hydroxylation is 1. The third kappa shape index (κ3) is 5.30. The van der Waals surface area contributed by atoms with Gasteiger partial charge in [-0.15, -0.1) is 0 Å². The Labute approximate surface area is 178 Å². The van der Waals surface area contributed by atoms with Crippen LogP contribution in [0, 0.1) is 0 Å². The number of piperazine rings is 1. The summed E-state index contributed by atoms with van der Waals surface area (Å²) in [4.78, 5) is 14.1. The molecule has 0 saturated carbocycles. The van der Waals surface area contributed by atoms with Crippen LogP contribution in [-0.2, 0) is 6.42 Å². The van der Waals surface area contributed by atoms with Crippen molar-refractivity contribution < 1.29 is 9.53 Å². The molecule has 2 N–H and O–H groups in total. The van der Waals surface area contributed by atoms with E-state index in [4.69, 9.17) is 4.74 Å². The van der Waals surface area contributed by atoms with Gasteiger partial charge in [-0.05, 0) is 48.4 Å². The maximum atomic E-state index is 12.3. The van der Waals surface area contributed by atoms with E-state index in [2.05, 4.69) is 41.0 Å². The Hall–Kier alpha value is -3.05. The van der Waals surface area contributed by atoms with E-state index in [0.29, 0.717) is 6.61 Å². The molecule has 5 heteroatoms. The first-order valence-electron chi connectivity index (χ1n) is 10.8. The SMILES string of the molecule is O=C(Nc1ccc(CCCCOc2cccc3ccccc23)cc1)N1CCNCC1. The van der Waals surface area contributed by atoms with Crippen molar-refractivity contribution in [2.75, 3.05) is 38.1 Å². The lowest BCUT2D eigenvalue weighted by Crippen LogP contribution is -2.48. The second kappa shape index (κ2) is 10.1. The van der Waals surface area contributed by atoms with E-state index in [9.17, 15) is 4.79 Å². The van der Waals surface area contributed by atoms with Gasteiger partial charge in [0.15, 0.2) is 0 Å². The molecule has 1 heterocycles. The number of hydrogen-bond acceptors (Lipinski definition) is 3. The molecule has 1 aliphatic heterocycles. The Balaban J connectivity index is 1.19. The molecule has 2 amide bonds. The van der Waals surface area contributed by atoms with Gasteiger partial charge in [0.2, 0.25) is 0 Å². The highest BCUT2D eigenvalue weighted by Crippen LogP contribution is 2.25. The van der Waals surface area contributed by atoms with E-state index in [0.717, 1.165) is 56.9 Å². The molecule has 4 rings (SSSR count). The molecule has 3 aromatic carbocycles. The quantitative estimate of drug-likeness (QED) is 0.563. The number of nitrogens with zero attached hydrogens (tertiary/aromatic N) is 1. The van der Waals surface area contributed by atoms with Crippen molar-refractivity contribution >= 4 is 22.5 Å². The molecule has 3 aromatic rings. The molecule has 0 aromatic heterocycles. The summed E-state index contributed by atoms with van der Waals surface area (Å²) < 4.78 is 6.02. The minimum atomic E-state index is -0.0187. The van der Waals surface area contributed by atoms with Crippen LogP contribution in [0.3, 0.4) is 0 Å². The maximum Gasteiger partial charge on any atom is 0.321 e. The van der Waals surface area contributed by atoms with Crippen molar-refractivity contribution in [3.8, 4) is 5.75 Å². The van der Waals surface area contributed by atoms with E-state index in [1.807, 2.05) is 41.3 Å². The summed E-state index contributed by atoms with van der Waals surface area (Å²) >= 11 is 0. The summed E-state index contributed by atoms with van der Waals surface area (Å²) in [6.45, 7) is 3.94. The molecule has 1 fully saturated rings. The first kappa shape index (κ1) is 20.2. The second-order valence-corrected chi connectivity index (χ2v) is 7.65. The van der Waals surface area contributed by atoms with E-state index in [1.165, 1.54) is 16.3 Å². The van der Waals surface area contributed by atoms with Crippen molar-refractivity contribution in [3.63, 3.8) is 0 Å². The van der Waals surface area contributed by atoms with Gasteiger partial charge in [-0.25, -0.2) is 4.79 Å². The van der Waals surface area contributed by atoms with Crippen LogP contribution in [0.25, 0.3) is 10.8 Å². The molecule has 1 saturated heterocycles. The summed E-state index contributed by atoms with van der Waals surface area (Å²) in [5.74, 6) is 0.956. The molecular weight excluding hydrogens is 374 g/mol. The zero-order chi connectivity index (χ0) is 20.6. The van der Waals surface area contributed by atoms with Crippen molar-refractivity contribution in [1.29, 1.82) is 0 Å². The fourth-order valence-corrected chi connectivity index (χ4v) is 3.76. The van der Waals surface area contributed by atoms with Gasteiger partial charge in [0.05, 0.1) is 6.61 Å². The zero-order valence-electron chi connectivity index (χ0n) is 17.3. The van der Waals surface area contributed by atoms with Gasteiger partial charge in [0.25, 0.3) is 0 Å². The Bertz CT molecular complexity index is 960. The van der Waals surface area contributed by atoms with Gasteiger partial charge >= 0.3 is 6.03 Å². The number of nitrogens with one attached hydrogen (secondary N) is 2. The van der Waals surface area contributed by atoms with Crippen LogP contribution in [0.4, 0.5) is 10.5 Å². The van der Waals surface area contributed by atoms with E-state index < -0.39 is 0 Å². The number of hydrogen-bond donors (Lipinski definition) is 2. The predicted molar refractivity (Wildman–Crippen MR) is 122 cm³/mol. The molecule has 0 atom stereocenters. The van der Waals surface area contributed by atoms with E-state index in [1.54, 1.807) is 0 Å². The monoisotopic (exact) mass is 403 g/mol. The maximum absolute atomic E-state index is 12.3. The first-order chi connectivity index (χ1) is 14.8. The zero-order valence-corrected chi connectivity index (χ0v) is 17.3. The standard InChI is InChI=1S/C25H29N3O2/c29-25(28-17-15-26-16-18-28)27-22-13-11-20(12-14-22)6-3-4-19-30-24-10-5-8-21-7-1-2-9-23(21)24/h1-2,5,7-14,26H,3-4,6,15-19H2,(H,27,29). The molecule has 5 nitrogen and oxygen atoms in total. The van der Waals surface area contributed by atoms with Crippen LogP contribution in [0.2, 0.25) is 0 Å². The van der Waals surface area contributed by atoms with Crippen LogP contribution in [-0.4, -0.2) is 43.7 Å². The molecule has 156 valence electrons. The summed E-state index contributed by atoms with van der Waals surface area (Å²) in [7, 11) is 0. The lowest BCUT2D eigenvalue weighted by Gasteiger charge is -2.27. The number of urea groups is 1. The van der Waals surface area contributed by atoms with Crippen LogP contribution in [0.5, 0.6) is 5.75 Å². The average Bonchev–Trinajstić information content (AvgIpc) is 2.80.